The molecule has 3 heteroatoms. The Morgan fingerprint density at radius 1 is 1.27 bits per heavy atom. The molecule has 0 saturated carbocycles. The zero-order valence-electron chi connectivity index (χ0n) is 9.64. The van der Waals surface area contributed by atoms with Gasteiger partial charge in [-0.15, -0.1) is 0 Å². The van der Waals surface area contributed by atoms with Crippen LogP contribution < -0.4 is 10.6 Å². The molecule has 0 aromatic heterocycles. The van der Waals surface area contributed by atoms with Gasteiger partial charge in [-0.1, -0.05) is 19.1 Å². The van der Waals surface area contributed by atoms with Crippen molar-refractivity contribution in [3.63, 3.8) is 0 Å². The van der Waals surface area contributed by atoms with Crippen LogP contribution in [0.2, 0.25) is 0 Å². The Morgan fingerprint density at radius 2 is 1.80 bits per heavy atom. The van der Waals surface area contributed by atoms with Crippen LogP contribution in [0.15, 0.2) is 24.3 Å². The molecule has 84 valence electrons. The lowest BCUT2D eigenvalue weighted by Crippen LogP contribution is -2.19. The van der Waals surface area contributed by atoms with Crippen LogP contribution in [0.1, 0.15) is 18.6 Å². The Morgan fingerprint density at radius 3 is 2.20 bits per heavy atom. The van der Waals surface area contributed by atoms with Crippen LogP contribution in [0.4, 0.5) is 5.69 Å². The molecule has 1 aromatic carbocycles. The van der Waals surface area contributed by atoms with Gasteiger partial charge in [0.05, 0.1) is 6.10 Å². The quantitative estimate of drug-likeness (QED) is 0.786. The first-order valence-electron chi connectivity index (χ1n) is 5.21. The molecule has 0 heterocycles. The molecule has 0 aliphatic heterocycles. The first-order valence-corrected chi connectivity index (χ1v) is 5.21. The summed E-state index contributed by atoms with van der Waals surface area (Å²) in [5.74, 6) is 0.0928. The number of nitrogens with two attached hydrogens (primary N) is 1. The number of aliphatic hydroxyl groups is 1. The number of hydrogen-bond acceptors (Lipinski definition) is 3. The second kappa shape index (κ2) is 5.14. The van der Waals surface area contributed by atoms with Gasteiger partial charge in [-0.3, -0.25) is 0 Å². The van der Waals surface area contributed by atoms with Gasteiger partial charge in [0, 0.05) is 19.8 Å². The average Bonchev–Trinajstić information content (AvgIpc) is 2.27. The third-order valence-corrected chi connectivity index (χ3v) is 2.66. The van der Waals surface area contributed by atoms with Crippen LogP contribution in [0.5, 0.6) is 0 Å². The second-order valence-electron chi connectivity index (χ2n) is 4.14. The maximum absolute atomic E-state index is 9.92. The van der Waals surface area contributed by atoms with E-state index in [4.69, 9.17) is 5.73 Å². The van der Waals surface area contributed by atoms with Gasteiger partial charge in [-0.2, -0.15) is 0 Å². The number of benzene rings is 1. The monoisotopic (exact) mass is 208 g/mol. The topological polar surface area (TPSA) is 49.5 Å². The van der Waals surface area contributed by atoms with E-state index in [0.29, 0.717) is 6.54 Å². The van der Waals surface area contributed by atoms with Crippen molar-refractivity contribution in [3.8, 4) is 0 Å². The number of rotatable bonds is 4. The van der Waals surface area contributed by atoms with Gasteiger partial charge < -0.3 is 15.7 Å². The van der Waals surface area contributed by atoms with E-state index in [-0.39, 0.29) is 5.92 Å². The fourth-order valence-corrected chi connectivity index (χ4v) is 1.43. The highest BCUT2D eigenvalue weighted by atomic mass is 16.3. The highest BCUT2D eigenvalue weighted by Crippen LogP contribution is 2.23. The normalized spacial score (nSPS) is 14.7. The molecule has 0 fully saturated rings. The second-order valence-corrected chi connectivity index (χ2v) is 4.14. The third-order valence-electron chi connectivity index (χ3n) is 2.66. The minimum absolute atomic E-state index is 0.0928. The molecule has 3 nitrogen and oxygen atoms in total. The van der Waals surface area contributed by atoms with Gasteiger partial charge in [0.1, 0.15) is 0 Å². The third kappa shape index (κ3) is 2.94. The minimum Gasteiger partial charge on any atom is -0.388 e. The Bertz CT molecular complexity index is 295. The lowest BCUT2D eigenvalue weighted by molar-refractivity contribution is 0.122. The van der Waals surface area contributed by atoms with Crippen LogP contribution >= 0.6 is 0 Å². The molecule has 0 bridgehead atoms. The van der Waals surface area contributed by atoms with Crippen molar-refractivity contribution in [3.05, 3.63) is 29.8 Å². The predicted octanol–water partition coefficient (Wildman–Crippen LogP) is 1.38. The first-order chi connectivity index (χ1) is 7.06. The Kier molecular flexibility index (Phi) is 4.12. The maximum Gasteiger partial charge on any atom is 0.0827 e. The first kappa shape index (κ1) is 12.0. The fraction of sp³-hybridized carbons (Fsp3) is 0.500. The number of anilines is 1. The number of hydrogen-bond donors (Lipinski definition) is 2. The SMILES string of the molecule is CC(CN)C(O)c1ccc(N(C)C)cc1. The van der Waals surface area contributed by atoms with E-state index in [1.807, 2.05) is 50.2 Å². The molecule has 0 saturated heterocycles. The fourth-order valence-electron chi connectivity index (χ4n) is 1.43. The van der Waals surface area contributed by atoms with Crippen molar-refractivity contribution in [1.82, 2.24) is 0 Å². The highest BCUT2D eigenvalue weighted by molar-refractivity contribution is 5.46. The maximum atomic E-state index is 9.92. The molecular weight excluding hydrogens is 188 g/mol. The van der Waals surface area contributed by atoms with Crippen LogP contribution in [0, 0.1) is 5.92 Å². The minimum atomic E-state index is -0.466. The number of aliphatic hydroxyl groups excluding tert-OH is 1. The van der Waals surface area contributed by atoms with Crippen LogP contribution in [-0.4, -0.2) is 25.7 Å². The number of nitrogens with zero attached hydrogens (tertiary/aromatic N) is 1. The molecule has 0 aliphatic rings. The lowest BCUT2D eigenvalue weighted by Gasteiger charge is -2.19. The summed E-state index contributed by atoms with van der Waals surface area (Å²) in [5.41, 5.74) is 7.58. The summed E-state index contributed by atoms with van der Waals surface area (Å²) in [6.45, 7) is 2.45. The highest BCUT2D eigenvalue weighted by Gasteiger charge is 2.14. The van der Waals surface area contributed by atoms with E-state index in [1.165, 1.54) is 0 Å². The van der Waals surface area contributed by atoms with Gasteiger partial charge >= 0.3 is 0 Å². The largest absolute Gasteiger partial charge is 0.388 e. The summed E-state index contributed by atoms with van der Waals surface area (Å²) in [4.78, 5) is 2.03. The van der Waals surface area contributed by atoms with Crippen LogP contribution in [0.3, 0.4) is 0 Å². The van der Waals surface area contributed by atoms with E-state index >= 15 is 0 Å². The molecule has 2 unspecified atom stereocenters. The summed E-state index contributed by atoms with van der Waals surface area (Å²) in [6, 6.07) is 7.90. The van der Waals surface area contributed by atoms with E-state index in [9.17, 15) is 5.11 Å². The Hall–Kier alpha value is -1.06. The molecule has 2 atom stereocenters. The van der Waals surface area contributed by atoms with Crippen LogP contribution in [0.25, 0.3) is 0 Å². The Balaban J connectivity index is 2.79. The van der Waals surface area contributed by atoms with Crippen molar-refractivity contribution >= 4 is 5.69 Å². The summed E-state index contributed by atoms with van der Waals surface area (Å²) in [7, 11) is 3.99. The van der Waals surface area contributed by atoms with Gasteiger partial charge in [-0.05, 0) is 30.2 Å². The molecule has 3 N–H and O–H groups in total. The molecule has 0 spiro atoms. The molecule has 0 amide bonds. The molecule has 0 radical (unpaired) electrons. The predicted molar refractivity (Wildman–Crippen MR) is 63.9 cm³/mol. The van der Waals surface area contributed by atoms with Crippen molar-refractivity contribution in [2.45, 2.75) is 13.0 Å². The molecule has 1 aromatic rings. The molecule has 0 aliphatic carbocycles. The molecule has 1 rings (SSSR count). The lowest BCUT2D eigenvalue weighted by atomic mass is 9.97. The van der Waals surface area contributed by atoms with Gasteiger partial charge in [0.15, 0.2) is 0 Å². The average molecular weight is 208 g/mol. The summed E-state index contributed by atoms with van der Waals surface area (Å²) < 4.78 is 0. The van der Waals surface area contributed by atoms with Crippen molar-refractivity contribution in [1.29, 1.82) is 0 Å². The summed E-state index contributed by atoms with van der Waals surface area (Å²) >= 11 is 0. The van der Waals surface area contributed by atoms with E-state index in [1.54, 1.807) is 0 Å². The Labute approximate surface area is 91.5 Å². The van der Waals surface area contributed by atoms with E-state index < -0.39 is 6.10 Å². The van der Waals surface area contributed by atoms with Gasteiger partial charge in [-0.25, -0.2) is 0 Å². The molecule has 15 heavy (non-hydrogen) atoms. The summed E-state index contributed by atoms with van der Waals surface area (Å²) in [5, 5.41) is 9.92. The van der Waals surface area contributed by atoms with E-state index in [2.05, 4.69) is 0 Å². The summed E-state index contributed by atoms with van der Waals surface area (Å²) in [6.07, 6.45) is -0.466. The van der Waals surface area contributed by atoms with Crippen molar-refractivity contribution < 1.29 is 5.11 Å². The van der Waals surface area contributed by atoms with Crippen molar-refractivity contribution in [2.24, 2.45) is 11.7 Å². The van der Waals surface area contributed by atoms with Gasteiger partial charge in [0.25, 0.3) is 0 Å². The van der Waals surface area contributed by atoms with Crippen molar-refractivity contribution in [2.75, 3.05) is 25.5 Å². The van der Waals surface area contributed by atoms with Gasteiger partial charge in [0.2, 0.25) is 0 Å². The van der Waals surface area contributed by atoms with E-state index in [0.717, 1.165) is 11.3 Å². The molecular formula is C12H20N2O. The smallest absolute Gasteiger partial charge is 0.0827 e. The van der Waals surface area contributed by atoms with Crippen LogP contribution in [-0.2, 0) is 0 Å². The standard InChI is InChI=1S/C12H20N2O/c1-9(8-13)12(15)10-4-6-11(7-5-10)14(2)3/h4-7,9,12,15H,8,13H2,1-3H3. The zero-order chi connectivity index (χ0) is 11.4. The zero-order valence-corrected chi connectivity index (χ0v) is 9.64.